The van der Waals surface area contributed by atoms with Crippen LogP contribution in [0.25, 0.3) is 6.08 Å². The molecule has 2 aromatic rings. The Balaban J connectivity index is 1.85. The van der Waals surface area contributed by atoms with Gasteiger partial charge < -0.3 is 9.47 Å². The largest absolute Gasteiger partial charge is 0.496 e. The van der Waals surface area contributed by atoms with Gasteiger partial charge >= 0.3 is 5.97 Å². The molecular weight excluding hydrogens is 388 g/mol. The molecule has 1 heterocycles. The maximum atomic E-state index is 12.6. The second-order valence-electron chi connectivity index (χ2n) is 6.30. The molecule has 0 unspecified atom stereocenters. The van der Waals surface area contributed by atoms with Crippen molar-refractivity contribution in [2.45, 2.75) is 13.3 Å². The lowest BCUT2D eigenvalue weighted by Crippen LogP contribution is -2.23. The van der Waals surface area contributed by atoms with Gasteiger partial charge in [0.05, 0.1) is 29.9 Å². The smallest absolute Gasteiger partial charge is 0.338 e. The molecule has 0 aromatic heterocycles. The first-order valence-electron chi connectivity index (χ1n) is 9.20. The average molecular weight is 410 g/mol. The molecule has 0 atom stereocenters. The topological polar surface area (TPSA) is 68.2 Å². The van der Waals surface area contributed by atoms with Crippen molar-refractivity contribution in [1.29, 1.82) is 0 Å². The summed E-state index contributed by atoms with van der Waals surface area (Å²) in [5.74, 6) is 0.173. The van der Waals surface area contributed by atoms with Crippen LogP contribution in [0, 0.1) is 0 Å². The second-order valence-corrected chi connectivity index (χ2v) is 7.31. The molecule has 1 fully saturated rings. The van der Waals surface area contributed by atoms with Gasteiger partial charge in [-0.1, -0.05) is 31.2 Å². The van der Waals surface area contributed by atoms with Crippen LogP contribution in [-0.4, -0.2) is 42.7 Å². The second kappa shape index (κ2) is 9.43. The Kier molecular flexibility index (Phi) is 6.72. The normalized spacial score (nSPS) is 16.5. The van der Waals surface area contributed by atoms with Gasteiger partial charge in [-0.3, -0.25) is 9.69 Å². The third-order valence-electron chi connectivity index (χ3n) is 4.17. The number of hydrogen-bond acceptors (Lipinski definition) is 6. The van der Waals surface area contributed by atoms with Crippen LogP contribution in [-0.2, 0) is 9.53 Å². The Morgan fingerprint density at radius 2 is 2.00 bits per heavy atom. The fraction of sp³-hybridized carbons (Fsp3) is 0.227. The van der Waals surface area contributed by atoms with E-state index in [0.717, 1.165) is 12.0 Å². The third kappa shape index (κ3) is 4.86. The third-order valence-corrected chi connectivity index (χ3v) is 5.23. The standard InChI is InChI=1S/C22H22N2O4S/c1-4-12-28-21(26)16-9-7-10-17(13-16)23-22-24(2)20(25)19(29-22)14-15-8-5-6-11-18(15)27-3/h5-11,13-14H,4,12H2,1-3H3/b19-14+,23-22?. The molecule has 7 heteroatoms. The predicted molar refractivity (Wildman–Crippen MR) is 115 cm³/mol. The summed E-state index contributed by atoms with van der Waals surface area (Å²) < 4.78 is 10.5. The summed E-state index contributed by atoms with van der Waals surface area (Å²) in [6.07, 6.45) is 2.56. The Labute approximate surface area is 174 Å². The quantitative estimate of drug-likeness (QED) is 0.518. The summed E-state index contributed by atoms with van der Waals surface area (Å²) in [4.78, 5) is 31.3. The minimum Gasteiger partial charge on any atom is -0.496 e. The highest BCUT2D eigenvalue weighted by Gasteiger charge is 2.30. The molecule has 3 rings (SSSR count). The molecule has 0 bridgehead atoms. The van der Waals surface area contributed by atoms with Crippen molar-refractivity contribution < 1.29 is 19.1 Å². The van der Waals surface area contributed by atoms with Crippen LogP contribution in [0.4, 0.5) is 5.69 Å². The van der Waals surface area contributed by atoms with Crippen LogP contribution in [0.5, 0.6) is 5.75 Å². The fourth-order valence-electron chi connectivity index (χ4n) is 2.67. The maximum Gasteiger partial charge on any atom is 0.338 e. The van der Waals surface area contributed by atoms with Gasteiger partial charge in [-0.15, -0.1) is 0 Å². The number of rotatable bonds is 6. The summed E-state index contributed by atoms with van der Waals surface area (Å²) >= 11 is 1.28. The highest BCUT2D eigenvalue weighted by molar-refractivity contribution is 8.18. The molecule has 1 aliphatic heterocycles. The number of amidine groups is 1. The van der Waals surface area contributed by atoms with E-state index in [0.29, 0.717) is 33.7 Å². The molecule has 150 valence electrons. The van der Waals surface area contributed by atoms with E-state index in [-0.39, 0.29) is 11.9 Å². The van der Waals surface area contributed by atoms with E-state index in [1.807, 2.05) is 31.2 Å². The van der Waals surface area contributed by atoms with Crippen LogP contribution >= 0.6 is 11.8 Å². The Hall–Kier alpha value is -3.06. The number of carbonyl (C=O) groups excluding carboxylic acids is 2. The van der Waals surface area contributed by atoms with E-state index in [1.165, 1.54) is 16.7 Å². The lowest BCUT2D eigenvalue weighted by Gasteiger charge is -2.08. The summed E-state index contributed by atoms with van der Waals surface area (Å²) in [6.45, 7) is 2.32. The molecular formula is C22H22N2O4S. The lowest BCUT2D eigenvalue weighted by molar-refractivity contribution is -0.121. The summed E-state index contributed by atoms with van der Waals surface area (Å²) in [5.41, 5.74) is 1.83. The van der Waals surface area contributed by atoms with Gasteiger partial charge in [-0.2, -0.15) is 0 Å². The first kappa shape index (κ1) is 20.7. The number of hydrogen-bond donors (Lipinski definition) is 0. The summed E-state index contributed by atoms with van der Waals surface area (Å²) in [6, 6.07) is 14.4. The van der Waals surface area contributed by atoms with Crippen LogP contribution in [0.15, 0.2) is 58.4 Å². The number of thioether (sulfide) groups is 1. The van der Waals surface area contributed by atoms with E-state index in [1.54, 1.807) is 44.5 Å². The first-order chi connectivity index (χ1) is 14.0. The van der Waals surface area contributed by atoms with Gasteiger partial charge in [-0.05, 0) is 48.5 Å². The number of benzene rings is 2. The van der Waals surface area contributed by atoms with E-state index in [2.05, 4.69) is 4.99 Å². The summed E-state index contributed by atoms with van der Waals surface area (Å²) in [7, 11) is 3.27. The van der Waals surface area contributed by atoms with Gasteiger partial charge in [0.2, 0.25) is 0 Å². The molecule has 29 heavy (non-hydrogen) atoms. The molecule has 6 nitrogen and oxygen atoms in total. The monoisotopic (exact) mass is 410 g/mol. The molecule has 0 spiro atoms. The number of esters is 1. The van der Waals surface area contributed by atoms with Crippen molar-refractivity contribution in [3.63, 3.8) is 0 Å². The van der Waals surface area contributed by atoms with E-state index in [4.69, 9.17) is 9.47 Å². The summed E-state index contributed by atoms with van der Waals surface area (Å²) in [5, 5.41) is 0.537. The van der Waals surface area contributed by atoms with Crippen LogP contribution < -0.4 is 4.74 Å². The molecule has 1 aliphatic rings. The number of amides is 1. The van der Waals surface area contributed by atoms with Crippen molar-refractivity contribution in [3.8, 4) is 5.75 Å². The first-order valence-corrected chi connectivity index (χ1v) is 10.0. The lowest BCUT2D eigenvalue weighted by atomic mass is 10.2. The van der Waals surface area contributed by atoms with E-state index >= 15 is 0 Å². The number of aliphatic imine (C=N–C) groups is 1. The van der Waals surface area contributed by atoms with Crippen LogP contribution in [0.3, 0.4) is 0 Å². The average Bonchev–Trinajstić information content (AvgIpc) is 3.00. The molecule has 0 saturated carbocycles. The fourth-order valence-corrected chi connectivity index (χ4v) is 3.65. The van der Waals surface area contributed by atoms with Crippen molar-refractivity contribution >= 4 is 40.6 Å². The number of likely N-dealkylation sites (N-methyl/N-ethyl adjacent to an activating group) is 1. The molecule has 2 aromatic carbocycles. The van der Waals surface area contributed by atoms with E-state index in [9.17, 15) is 9.59 Å². The van der Waals surface area contributed by atoms with Gasteiger partial charge in [-0.25, -0.2) is 9.79 Å². The van der Waals surface area contributed by atoms with Crippen LogP contribution in [0.1, 0.15) is 29.3 Å². The van der Waals surface area contributed by atoms with E-state index < -0.39 is 0 Å². The molecule has 1 saturated heterocycles. The Bertz CT molecular complexity index is 984. The molecule has 0 aliphatic carbocycles. The highest BCUT2D eigenvalue weighted by Crippen LogP contribution is 2.34. The zero-order valence-electron chi connectivity index (χ0n) is 16.5. The Morgan fingerprint density at radius 1 is 1.21 bits per heavy atom. The van der Waals surface area contributed by atoms with Gasteiger partial charge in [0, 0.05) is 12.6 Å². The number of carbonyl (C=O) groups is 2. The van der Waals surface area contributed by atoms with Gasteiger partial charge in [0.1, 0.15) is 5.75 Å². The maximum absolute atomic E-state index is 12.6. The Morgan fingerprint density at radius 3 is 2.76 bits per heavy atom. The van der Waals surface area contributed by atoms with Crippen molar-refractivity contribution in [1.82, 2.24) is 4.90 Å². The molecule has 0 N–H and O–H groups in total. The number of methoxy groups -OCH3 is 1. The SMILES string of the molecule is CCCOC(=O)c1cccc(N=C2S/C(=C/c3ccccc3OC)C(=O)N2C)c1. The number of para-hydroxylation sites is 1. The molecule has 0 radical (unpaired) electrons. The number of ether oxygens (including phenoxy) is 2. The predicted octanol–water partition coefficient (Wildman–Crippen LogP) is 4.50. The van der Waals surface area contributed by atoms with Crippen molar-refractivity contribution in [2.24, 2.45) is 4.99 Å². The minimum absolute atomic E-state index is 0.141. The number of nitrogens with zero attached hydrogens (tertiary/aromatic N) is 2. The van der Waals surface area contributed by atoms with Crippen LogP contribution in [0.2, 0.25) is 0 Å². The van der Waals surface area contributed by atoms with Crippen molar-refractivity contribution in [3.05, 3.63) is 64.6 Å². The molecule has 1 amide bonds. The van der Waals surface area contributed by atoms with Crippen molar-refractivity contribution in [2.75, 3.05) is 20.8 Å². The highest BCUT2D eigenvalue weighted by atomic mass is 32.2. The zero-order chi connectivity index (χ0) is 20.8. The van der Waals surface area contributed by atoms with Gasteiger partial charge in [0.25, 0.3) is 5.91 Å². The van der Waals surface area contributed by atoms with Gasteiger partial charge in [0.15, 0.2) is 5.17 Å². The minimum atomic E-state index is -0.380. The zero-order valence-corrected chi connectivity index (χ0v) is 17.4.